The monoisotopic (exact) mass is 362 g/mol. The number of benzene rings is 2. The predicted octanol–water partition coefficient (Wildman–Crippen LogP) is 7.90. The van der Waals surface area contributed by atoms with E-state index in [1.54, 1.807) is 50.1 Å². The third-order valence-corrected chi connectivity index (χ3v) is 6.65. The Labute approximate surface area is 167 Å². The highest BCUT2D eigenvalue weighted by atomic mass is 14.3. The minimum absolute atomic E-state index is 1.14. The highest BCUT2D eigenvalue weighted by Crippen LogP contribution is 2.46. The van der Waals surface area contributed by atoms with Crippen LogP contribution in [0.4, 0.5) is 0 Å². The Morgan fingerprint density at radius 1 is 0.704 bits per heavy atom. The van der Waals surface area contributed by atoms with E-state index < -0.39 is 0 Å². The summed E-state index contributed by atoms with van der Waals surface area (Å²) < 4.78 is 0. The zero-order chi connectivity index (χ0) is 19.4. The van der Waals surface area contributed by atoms with Gasteiger partial charge in [-0.1, -0.05) is 58.2 Å². The van der Waals surface area contributed by atoms with Gasteiger partial charge in [0.1, 0.15) is 0 Å². The van der Waals surface area contributed by atoms with Crippen molar-refractivity contribution in [1.82, 2.24) is 0 Å². The molecule has 0 amide bonds. The standard InChI is InChI=1S/C27H38/c1-6-9-13-21-14-12-15-22-18-25-20(5)19(4)23(16-10-7-2)24(17-11-8-3)27(25)26(21)22/h12,14-15H,6-11,13,16-18H2,1-5H3. The van der Waals surface area contributed by atoms with E-state index >= 15 is 0 Å². The van der Waals surface area contributed by atoms with E-state index in [0.717, 1.165) is 6.42 Å². The molecule has 0 spiro atoms. The van der Waals surface area contributed by atoms with E-state index in [2.05, 4.69) is 52.8 Å². The van der Waals surface area contributed by atoms with E-state index in [9.17, 15) is 0 Å². The van der Waals surface area contributed by atoms with Gasteiger partial charge in [0, 0.05) is 0 Å². The van der Waals surface area contributed by atoms with E-state index in [-0.39, 0.29) is 0 Å². The van der Waals surface area contributed by atoms with Gasteiger partial charge in [-0.15, -0.1) is 0 Å². The summed E-state index contributed by atoms with van der Waals surface area (Å²) in [6, 6.07) is 7.07. The molecule has 0 aliphatic heterocycles. The van der Waals surface area contributed by atoms with Crippen LogP contribution >= 0.6 is 0 Å². The fourth-order valence-corrected chi connectivity index (χ4v) is 4.93. The van der Waals surface area contributed by atoms with Crippen molar-refractivity contribution in [3.05, 3.63) is 57.1 Å². The summed E-state index contributed by atoms with van der Waals surface area (Å²) >= 11 is 0. The Hall–Kier alpha value is -1.56. The molecule has 0 N–H and O–H groups in total. The average molecular weight is 363 g/mol. The first-order valence-electron chi connectivity index (χ1n) is 11.4. The average Bonchev–Trinajstić information content (AvgIpc) is 3.07. The highest BCUT2D eigenvalue weighted by Gasteiger charge is 2.28. The normalized spacial score (nSPS) is 12.3. The van der Waals surface area contributed by atoms with Crippen LogP contribution in [0, 0.1) is 13.8 Å². The second kappa shape index (κ2) is 9.09. The second-order valence-corrected chi connectivity index (χ2v) is 8.50. The van der Waals surface area contributed by atoms with Gasteiger partial charge in [-0.2, -0.15) is 0 Å². The number of unbranched alkanes of at least 4 members (excludes halogenated alkanes) is 3. The van der Waals surface area contributed by atoms with Crippen LogP contribution in [0.25, 0.3) is 11.1 Å². The first kappa shape index (κ1) is 20.2. The van der Waals surface area contributed by atoms with Crippen molar-refractivity contribution in [3.63, 3.8) is 0 Å². The number of hydrogen-bond acceptors (Lipinski definition) is 0. The maximum Gasteiger partial charge on any atom is -0.00105 e. The Balaban J connectivity index is 2.22. The van der Waals surface area contributed by atoms with E-state index in [4.69, 9.17) is 0 Å². The first-order chi connectivity index (χ1) is 13.1. The van der Waals surface area contributed by atoms with Crippen molar-refractivity contribution in [1.29, 1.82) is 0 Å². The third kappa shape index (κ3) is 3.86. The topological polar surface area (TPSA) is 0 Å². The summed E-state index contributed by atoms with van der Waals surface area (Å²) in [5.74, 6) is 0. The molecule has 0 radical (unpaired) electrons. The molecule has 0 fully saturated rings. The van der Waals surface area contributed by atoms with Gasteiger partial charge < -0.3 is 0 Å². The Morgan fingerprint density at radius 2 is 1.33 bits per heavy atom. The van der Waals surface area contributed by atoms with Crippen LogP contribution in [0.3, 0.4) is 0 Å². The molecule has 0 heteroatoms. The van der Waals surface area contributed by atoms with Gasteiger partial charge in [0.05, 0.1) is 0 Å². The minimum atomic E-state index is 1.14. The lowest BCUT2D eigenvalue weighted by Crippen LogP contribution is -2.06. The van der Waals surface area contributed by atoms with Crippen molar-refractivity contribution in [2.24, 2.45) is 0 Å². The number of rotatable bonds is 9. The third-order valence-electron chi connectivity index (χ3n) is 6.65. The van der Waals surface area contributed by atoms with E-state index in [0.29, 0.717) is 0 Å². The molecule has 2 aromatic carbocycles. The Bertz CT molecular complexity index is 794. The van der Waals surface area contributed by atoms with Gasteiger partial charge in [0.25, 0.3) is 0 Å². The molecule has 3 rings (SSSR count). The molecule has 0 heterocycles. The molecular weight excluding hydrogens is 324 g/mol. The molecule has 0 aromatic heterocycles. The molecule has 1 aliphatic carbocycles. The molecule has 2 aromatic rings. The summed E-state index contributed by atoms with van der Waals surface area (Å²) in [6.07, 6.45) is 12.6. The predicted molar refractivity (Wildman–Crippen MR) is 120 cm³/mol. The van der Waals surface area contributed by atoms with E-state index in [1.165, 1.54) is 57.8 Å². The second-order valence-electron chi connectivity index (χ2n) is 8.50. The molecule has 0 atom stereocenters. The molecule has 0 bridgehead atoms. The van der Waals surface area contributed by atoms with Gasteiger partial charge in [0.15, 0.2) is 0 Å². The van der Waals surface area contributed by atoms with Gasteiger partial charge in [0.2, 0.25) is 0 Å². The zero-order valence-electron chi connectivity index (χ0n) is 18.3. The summed E-state index contributed by atoms with van der Waals surface area (Å²) in [4.78, 5) is 0. The van der Waals surface area contributed by atoms with Crippen molar-refractivity contribution in [2.45, 2.75) is 98.8 Å². The number of aryl methyl sites for hydroxylation is 1. The first-order valence-corrected chi connectivity index (χ1v) is 11.4. The fraction of sp³-hybridized carbons (Fsp3) is 0.556. The SMILES string of the molecule is CCCCc1cccc2c1-c1c(c(C)c(C)c(CCCC)c1CCCC)C2. The quantitative estimate of drug-likeness (QED) is 0.363. The van der Waals surface area contributed by atoms with Crippen molar-refractivity contribution < 1.29 is 0 Å². The summed E-state index contributed by atoms with van der Waals surface area (Å²) in [5.41, 5.74) is 14.6. The lowest BCUT2D eigenvalue weighted by molar-refractivity contribution is 0.753. The summed E-state index contributed by atoms with van der Waals surface area (Å²) in [7, 11) is 0. The maximum atomic E-state index is 2.40. The molecular formula is C27H38. The molecule has 146 valence electrons. The van der Waals surface area contributed by atoms with Crippen LogP contribution < -0.4 is 0 Å². The maximum absolute atomic E-state index is 2.40. The van der Waals surface area contributed by atoms with Crippen LogP contribution in [-0.2, 0) is 25.7 Å². The van der Waals surface area contributed by atoms with E-state index in [1.807, 2.05) is 0 Å². The summed E-state index contributed by atoms with van der Waals surface area (Å²) in [5, 5.41) is 0. The van der Waals surface area contributed by atoms with Crippen LogP contribution in [0.15, 0.2) is 18.2 Å². The van der Waals surface area contributed by atoms with Crippen LogP contribution in [-0.4, -0.2) is 0 Å². The molecule has 0 saturated heterocycles. The van der Waals surface area contributed by atoms with Gasteiger partial charge in [-0.25, -0.2) is 0 Å². The Kier molecular flexibility index (Phi) is 6.79. The lowest BCUT2D eigenvalue weighted by atomic mass is 9.82. The molecule has 27 heavy (non-hydrogen) atoms. The highest BCUT2D eigenvalue weighted by molar-refractivity contribution is 5.85. The fourth-order valence-electron chi connectivity index (χ4n) is 4.93. The lowest BCUT2D eigenvalue weighted by Gasteiger charge is -2.22. The minimum Gasteiger partial charge on any atom is -0.0654 e. The smallest absolute Gasteiger partial charge is 0.00105 e. The Morgan fingerprint density at radius 3 is 2.00 bits per heavy atom. The van der Waals surface area contributed by atoms with Gasteiger partial charge in [-0.05, 0) is 109 Å². The van der Waals surface area contributed by atoms with Crippen molar-refractivity contribution in [2.75, 3.05) is 0 Å². The van der Waals surface area contributed by atoms with Crippen molar-refractivity contribution in [3.8, 4) is 11.1 Å². The van der Waals surface area contributed by atoms with Gasteiger partial charge in [-0.3, -0.25) is 0 Å². The number of fused-ring (bicyclic) bond motifs is 3. The van der Waals surface area contributed by atoms with Gasteiger partial charge >= 0.3 is 0 Å². The van der Waals surface area contributed by atoms with Crippen LogP contribution in [0.5, 0.6) is 0 Å². The molecule has 1 aliphatic rings. The van der Waals surface area contributed by atoms with Crippen LogP contribution in [0.1, 0.15) is 98.2 Å². The molecule has 0 saturated carbocycles. The molecule has 0 unspecified atom stereocenters. The van der Waals surface area contributed by atoms with Crippen LogP contribution in [0.2, 0.25) is 0 Å². The zero-order valence-corrected chi connectivity index (χ0v) is 18.3. The van der Waals surface area contributed by atoms with Crippen molar-refractivity contribution >= 4 is 0 Å². The number of hydrogen-bond donors (Lipinski definition) is 0. The largest absolute Gasteiger partial charge is 0.0654 e. The molecule has 0 nitrogen and oxygen atoms in total. The summed E-state index contributed by atoms with van der Waals surface area (Å²) in [6.45, 7) is 11.7.